The molecule has 0 spiro atoms. The lowest BCUT2D eigenvalue weighted by molar-refractivity contribution is 0.415. The van der Waals surface area contributed by atoms with Crippen LogP contribution in [0.4, 0.5) is 5.13 Å². The molecule has 6 nitrogen and oxygen atoms in total. The summed E-state index contributed by atoms with van der Waals surface area (Å²) in [4.78, 5) is 13.1. The number of imidazole rings is 1. The first kappa shape index (κ1) is 13.2. The molecule has 104 valence electrons. The number of hydrazine groups is 1. The van der Waals surface area contributed by atoms with Crippen LogP contribution in [0.1, 0.15) is 4.88 Å². The van der Waals surface area contributed by atoms with E-state index < -0.39 is 0 Å². The number of benzene rings is 1. The predicted molar refractivity (Wildman–Crippen MR) is 82.1 cm³/mol. The predicted octanol–water partition coefficient (Wildman–Crippen LogP) is 2.61. The largest absolute Gasteiger partial charge is 0.497 e. The summed E-state index contributed by atoms with van der Waals surface area (Å²) < 4.78 is 5.20. The van der Waals surface area contributed by atoms with Gasteiger partial charge in [0.05, 0.1) is 18.1 Å². The molecule has 4 N–H and O–H groups in total. The maximum absolute atomic E-state index is 5.31. The molecular weight excluding hydrogens is 294 g/mol. The first-order chi connectivity index (χ1) is 9.78. The molecule has 0 amide bonds. The van der Waals surface area contributed by atoms with Crippen molar-refractivity contribution < 1.29 is 4.74 Å². The fourth-order valence-corrected chi connectivity index (χ4v) is 3.37. The molecule has 0 unspecified atom stereocenters. The lowest BCUT2D eigenvalue weighted by atomic mass is 10.3. The molecule has 0 aliphatic heterocycles. The highest BCUT2D eigenvalue weighted by molar-refractivity contribution is 7.98. The molecule has 2 aromatic heterocycles. The van der Waals surface area contributed by atoms with Crippen molar-refractivity contribution in [2.24, 2.45) is 5.84 Å². The third-order valence-corrected chi connectivity index (χ3v) is 4.73. The standard InChI is InChI=1S/C12H13N5OS2/c1-18-7-2-3-9-10(4-7)16-12(15-9)19-6-8-5-14-11(17-13)20-8/h2-5H,6,13H2,1H3,(H,14,17)(H,15,16). The Morgan fingerprint density at radius 1 is 1.50 bits per heavy atom. The summed E-state index contributed by atoms with van der Waals surface area (Å²) in [6.45, 7) is 0. The van der Waals surface area contributed by atoms with Crippen LogP contribution in [-0.2, 0) is 5.75 Å². The van der Waals surface area contributed by atoms with E-state index in [1.165, 1.54) is 11.3 Å². The number of aromatic nitrogens is 3. The van der Waals surface area contributed by atoms with E-state index in [2.05, 4.69) is 20.4 Å². The van der Waals surface area contributed by atoms with Crippen molar-refractivity contribution in [3.05, 3.63) is 29.3 Å². The Hall–Kier alpha value is -1.77. The number of H-pyrrole nitrogens is 1. The SMILES string of the molecule is COc1ccc2nc(SCc3cnc(NN)s3)[nH]c2c1. The number of rotatable bonds is 5. The highest BCUT2D eigenvalue weighted by atomic mass is 32.2. The highest BCUT2D eigenvalue weighted by Crippen LogP contribution is 2.28. The maximum atomic E-state index is 5.31. The Balaban J connectivity index is 1.73. The van der Waals surface area contributed by atoms with Crippen molar-refractivity contribution in [1.82, 2.24) is 15.0 Å². The zero-order valence-electron chi connectivity index (χ0n) is 10.7. The summed E-state index contributed by atoms with van der Waals surface area (Å²) in [5, 5.41) is 1.60. The molecular formula is C12H13N5OS2. The lowest BCUT2D eigenvalue weighted by Crippen LogP contribution is -2.05. The van der Waals surface area contributed by atoms with Gasteiger partial charge in [0.15, 0.2) is 10.3 Å². The third kappa shape index (κ3) is 2.72. The Morgan fingerprint density at radius 2 is 2.40 bits per heavy atom. The minimum Gasteiger partial charge on any atom is -0.497 e. The van der Waals surface area contributed by atoms with Crippen LogP contribution in [0.15, 0.2) is 29.6 Å². The maximum Gasteiger partial charge on any atom is 0.197 e. The van der Waals surface area contributed by atoms with Crippen molar-refractivity contribution >= 4 is 39.3 Å². The molecule has 1 aromatic carbocycles. The summed E-state index contributed by atoms with van der Waals surface area (Å²) in [5.74, 6) is 6.93. The first-order valence-corrected chi connectivity index (χ1v) is 7.66. The molecule has 0 saturated heterocycles. The average molecular weight is 307 g/mol. The number of nitrogens with zero attached hydrogens (tertiary/aromatic N) is 2. The molecule has 0 aliphatic rings. The Kier molecular flexibility index (Phi) is 3.77. The Bertz CT molecular complexity index is 724. The number of methoxy groups -OCH3 is 1. The third-order valence-electron chi connectivity index (χ3n) is 2.70. The fraction of sp³-hybridized carbons (Fsp3) is 0.167. The van der Waals surface area contributed by atoms with Gasteiger partial charge in [-0.1, -0.05) is 11.8 Å². The molecule has 0 aliphatic carbocycles. The summed E-state index contributed by atoms with van der Waals surface area (Å²) in [7, 11) is 1.65. The molecule has 3 aromatic rings. The van der Waals surface area contributed by atoms with Crippen LogP contribution in [0.5, 0.6) is 5.75 Å². The van der Waals surface area contributed by atoms with Gasteiger partial charge in [-0.2, -0.15) is 0 Å². The summed E-state index contributed by atoms with van der Waals surface area (Å²) in [6, 6.07) is 5.79. The molecule has 2 heterocycles. The van der Waals surface area contributed by atoms with Gasteiger partial charge in [0.2, 0.25) is 0 Å². The molecule has 0 fully saturated rings. The van der Waals surface area contributed by atoms with Crippen molar-refractivity contribution in [3.63, 3.8) is 0 Å². The Labute approximate surface area is 123 Å². The smallest absolute Gasteiger partial charge is 0.197 e. The molecule has 0 bridgehead atoms. The van der Waals surface area contributed by atoms with E-state index in [9.17, 15) is 0 Å². The fourth-order valence-electron chi connectivity index (χ4n) is 1.74. The molecule has 20 heavy (non-hydrogen) atoms. The zero-order valence-corrected chi connectivity index (χ0v) is 12.3. The second kappa shape index (κ2) is 5.70. The number of thiazole rings is 1. The average Bonchev–Trinajstić information content (AvgIpc) is 3.10. The zero-order chi connectivity index (χ0) is 13.9. The van der Waals surface area contributed by atoms with Crippen LogP contribution in [-0.4, -0.2) is 22.1 Å². The number of thioether (sulfide) groups is 1. The second-order valence-corrected chi connectivity index (χ2v) is 6.07. The first-order valence-electron chi connectivity index (χ1n) is 5.86. The van der Waals surface area contributed by atoms with Gasteiger partial charge < -0.3 is 9.72 Å². The van der Waals surface area contributed by atoms with Gasteiger partial charge in [-0.15, -0.1) is 11.3 Å². The van der Waals surface area contributed by atoms with Crippen LogP contribution >= 0.6 is 23.1 Å². The topological polar surface area (TPSA) is 88.8 Å². The second-order valence-electron chi connectivity index (χ2n) is 3.99. The number of aromatic amines is 1. The molecule has 0 saturated carbocycles. The number of nitrogens with two attached hydrogens (primary N) is 1. The highest BCUT2D eigenvalue weighted by Gasteiger charge is 2.06. The summed E-state index contributed by atoms with van der Waals surface area (Å²) in [5.41, 5.74) is 4.45. The van der Waals surface area contributed by atoms with Crippen LogP contribution in [0.25, 0.3) is 11.0 Å². The molecule has 0 atom stereocenters. The number of nitrogen functional groups attached to an aromatic ring is 1. The van der Waals surface area contributed by atoms with Crippen molar-refractivity contribution in [1.29, 1.82) is 0 Å². The van der Waals surface area contributed by atoms with Gasteiger partial charge >= 0.3 is 0 Å². The quantitative estimate of drug-likeness (QED) is 0.381. The van der Waals surface area contributed by atoms with Gasteiger partial charge in [-0.25, -0.2) is 15.8 Å². The Morgan fingerprint density at radius 3 is 3.15 bits per heavy atom. The normalized spacial score (nSPS) is 10.9. The van der Waals surface area contributed by atoms with Crippen molar-refractivity contribution in [2.45, 2.75) is 10.9 Å². The van der Waals surface area contributed by atoms with Crippen LogP contribution in [0.2, 0.25) is 0 Å². The van der Waals surface area contributed by atoms with Gasteiger partial charge in [0, 0.05) is 22.9 Å². The minimum absolute atomic E-state index is 0.718. The van der Waals surface area contributed by atoms with E-state index in [1.807, 2.05) is 24.4 Å². The lowest BCUT2D eigenvalue weighted by Gasteiger charge is -1.96. The molecule has 3 rings (SSSR count). The van der Waals surface area contributed by atoms with Crippen molar-refractivity contribution in [2.75, 3.05) is 12.5 Å². The van der Waals surface area contributed by atoms with E-state index in [0.29, 0.717) is 0 Å². The molecule has 0 radical (unpaired) electrons. The van der Waals surface area contributed by atoms with E-state index >= 15 is 0 Å². The van der Waals surface area contributed by atoms with Crippen LogP contribution in [0.3, 0.4) is 0 Å². The van der Waals surface area contributed by atoms with E-state index in [1.54, 1.807) is 18.9 Å². The van der Waals surface area contributed by atoms with Gasteiger partial charge in [-0.3, -0.25) is 5.43 Å². The number of ether oxygens (including phenoxy) is 1. The van der Waals surface area contributed by atoms with Crippen LogP contribution < -0.4 is 16.0 Å². The van der Waals surface area contributed by atoms with Gasteiger partial charge in [0.25, 0.3) is 0 Å². The van der Waals surface area contributed by atoms with Crippen molar-refractivity contribution in [3.8, 4) is 5.75 Å². The summed E-state index contributed by atoms with van der Waals surface area (Å²) in [6.07, 6.45) is 1.82. The molecule has 8 heteroatoms. The number of hydrogen-bond acceptors (Lipinski definition) is 7. The van der Waals surface area contributed by atoms with E-state index in [0.717, 1.165) is 37.7 Å². The monoisotopic (exact) mass is 307 g/mol. The van der Waals surface area contributed by atoms with Gasteiger partial charge in [0.1, 0.15) is 5.75 Å². The summed E-state index contributed by atoms with van der Waals surface area (Å²) >= 11 is 3.17. The minimum atomic E-state index is 0.718. The number of hydrogen-bond donors (Lipinski definition) is 3. The van der Waals surface area contributed by atoms with E-state index in [-0.39, 0.29) is 0 Å². The number of fused-ring (bicyclic) bond motifs is 1. The van der Waals surface area contributed by atoms with E-state index in [4.69, 9.17) is 10.6 Å². The van der Waals surface area contributed by atoms with Crippen LogP contribution in [0, 0.1) is 0 Å². The number of anilines is 1. The number of nitrogens with one attached hydrogen (secondary N) is 2. The van der Waals surface area contributed by atoms with Gasteiger partial charge in [-0.05, 0) is 12.1 Å².